The summed E-state index contributed by atoms with van der Waals surface area (Å²) in [6, 6.07) is 11.6. The summed E-state index contributed by atoms with van der Waals surface area (Å²) in [6.07, 6.45) is 2.34. The molecule has 1 amide bonds. The number of hydrazone groups is 1. The van der Waals surface area contributed by atoms with Crippen molar-refractivity contribution in [2.75, 3.05) is 38.2 Å². The van der Waals surface area contributed by atoms with E-state index in [4.69, 9.17) is 26.7 Å². The Kier molecular flexibility index (Phi) is 6.70. The molecule has 0 bridgehead atoms. The monoisotopic (exact) mass is 466 g/mol. The van der Waals surface area contributed by atoms with E-state index in [9.17, 15) is 4.79 Å². The van der Waals surface area contributed by atoms with E-state index in [0.717, 1.165) is 36.5 Å². The average Bonchev–Trinajstić information content (AvgIpc) is 3.19. The Hall–Kier alpha value is -3.31. The van der Waals surface area contributed by atoms with Gasteiger partial charge in [-0.25, -0.2) is 4.98 Å². The number of hydrogen-bond acceptors (Lipinski definition) is 7. The third kappa shape index (κ3) is 4.88. The number of halogens is 1. The van der Waals surface area contributed by atoms with Gasteiger partial charge in [0.1, 0.15) is 24.1 Å². The van der Waals surface area contributed by atoms with E-state index in [1.807, 2.05) is 34.2 Å². The fraction of sp³-hybridized carbons (Fsp3) is 0.417. The number of aromatic nitrogens is 1. The number of benzene rings is 1. The molecular weight excluding hydrogens is 440 g/mol. The van der Waals surface area contributed by atoms with Gasteiger partial charge in [0.05, 0.1) is 23.9 Å². The van der Waals surface area contributed by atoms with E-state index in [2.05, 4.69) is 29.8 Å². The van der Waals surface area contributed by atoms with Gasteiger partial charge in [-0.2, -0.15) is 10.4 Å². The van der Waals surface area contributed by atoms with Crippen LogP contribution in [0.4, 0.5) is 5.69 Å². The number of carbonyl (C=O) groups is 1. The summed E-state index contributed by atoms with van der Waals surface area (Å²) >= 11 is 6.16. The zero-order valence-electron chi connectivity index (χ0n) is 19.0. The minimum atomic E-state index is 0.0627. The summed E-state index contributed by atoms with van der Waals surface area (Å²) in [5, 5.41) is 16.2. The maximum absolute atomic E-state index is 13.1. The first kappa shape index (κ1) is 22.9. The van der Waals surface area contributed by atoms with E-state index in [-0.39, 0.29) is 24.5 Å². The molecule has 1 aromatic heterocycles. The van der Waals surface area contributed by atoms with Gasteiger partial charge in [-0.3, -0.25) is 9.80 Å². The summed E-state index contributed by atoms with van der Waals surface area (Å²) in [6.45, 7) is 6.47. The number of ether oxygens (including phenoxy) is 1. The Morgan fingerprint density at radius 1 is 1.24 bits per heavy atom. The van der Waals surface area contributed by atoms with Crippen LogP contribution in [-0.4, -0.2) is 71.9 Å². The molecule has 0 saturated carbocycles. The minimum Gasteiger partial charge on any atom is -0.495 e. The lowest BCUT2D eigenvalue weighted by Gasteiger charge is -2.41. The predicted octanol–water partition coefficient (Wildman–Crippen LogP) is 3.15. The third-order valence-corrected chi connectivity index (χ3v) is 6.51. The van der Waals surface area contributed by atoms with Gasteiger partial charge >= 0.3 is 0 Å². The van der Waals surface area contributed by atoms with E-state index in [1.165, 1.54) is 0 Å². The number of amides is 1. The normalized spacial score (nSPS) is 20.5. The summed E-state index contributed by atoms with van der Waals surface area (Å²) in [4.78, 5) is 21.3. The molecule has 1 aromatic carbocycles. The van der Waals surface area contributed by atoms with Crippen LogP contribution >= 0.6 is 11.6 Å². The standard InChI is InChI=1S/C24H27ClN6O2/c1-16-10-22(18-6-7-27-19(11-18)13-26)28-31(16)15-24(32)30-9-8-29(14-17(30)2)20-4-5-21(25)23(12-20)33-3/h4-7,11-12,16-17H,8-10,14-15H2,1-3H3/t16?,17-/m0/s1. The maximum Gasteiger partial charge on any atom is 0.244 e. The molecule has 33 heavy (non-hydrogen) atoms. The molecule has 2 atom stereocenters. The van der Waals surface area contributed by atoms with Crippen molar-refractivity contribution in [3.63, 3.8) is 0 Å². The van der Waals surface area contributed by atoms with Crippen molar-refractivity contribution in [1.82, 2.24) is 14.9 Å². The topological polar surface area (TPSA) is 85.1 Å². The maximum atomic E-state index is 13.1. The molecular formula is C24H27ClN6O2. The molecule has 2 aliphatic rings. The summed E-state index contributed by atoms with van der Waals surface area (Å²) in [5.74, 6) is 0.716. The van der Waals surface area contributed by atoms with Crippen molar-refractivity contribution in [1.29, 1.82) is 5.26 Å². The van der Waals surface area contributed by atoms with Gasteiger partial charge < -0.3 is 14.5 Å². The number of anilines is 1. The van der Waals surface area contributed by atoms with Gasteiger partial charge in [0, 0.05) is 55.6 Å². The number of rotatable bonds is 5. The SMILES string of the molecule is COc1cc(N2CCN(C(=O)CN3N=C(c4ccnc(C#N)c4)CC3C)[C@@H](C)C2)ccc1Cl. The average molecular weight is 467 g/mol. The van der Waals surface area contributed by atoms with Crippen LogP contribution in [0.3, 0.4) is 0 Å². The van der Waals surface area contributed by atoms with Crippen molar-refractivity contribution in [2.24, 2.45) is 5.10 Å². The molecule has 4 rings (SSSR count). The highest BCUT2D eigenvalue weighted by atomic mass is 35.5. The van der Waals surface area contributed by atoms with Crippen LogP contribution in [0, 0.1) is 11.3 Å². The predicted molar refractivity (Wildman–Crippen MR) is 128 cm³/mol. The Morgan fingerprint density at radius 2 is 2.06 bits per heavy atom. The molecule has 0 aliphatic carbocycles. The van der Waals surface area contributed by atoms with Gasteiger partial charge in [0.2, 0.25) is 5.91 Å². The highest BCUT2D eigenvalue weighted by molar-refractivity contribution is 6.32. The second-order valence-corrected chi connectivity index (χ2v) is 8.85. The molecule has 8 nitrogen and oxygen atoms in total. The van der Waals surface area contributed by atoms with Crippen molar-refractivity contribution < 1.29 is 9.53 Å². The Morgan fingerprint density at radius 3 is 2.79 bits per heavy atom. The molecule has 0 radical (unpaired) electrons. The van der Waals surface area contributed by atoms with E-state index < -0.39 is 0 Å². The summed E-state index contributed by atoms with van der Waals surface area (Å²) < 4.78 is 5.34. The fourth-order valence-corrected chi connectivity index (χ4v) is 4.55. The second kappa shape index (κ2) is 9.67. The lowest BCUT2D eigenvalue weighted by atomic mass is 10.1. The van der Waals surface area contributed by atoms with E-state index in [1.54, 1.807) is 19.4 Å². The Bertz CT molecular complexity index is 1110. The van der Waals surface area contributed by atoms with Crippen LogP contribution in [0.1, 0.15) is 31.5 Å². The summed E-state index contributed by atoms with van der Waals surface area (Å²) in [7, 11) is 1.61. The number of hydrogen-bond donors (Lipinski definition) is 0. The van der Waals surface area contributed by atoms with Crippen molar-refractivity contribution >= 4 is 28.9 Å². The van der Waals surface area contributed by atoms with Crippen LogP contribution in [0.15, 0.2) is 41.6 Å². The van der Waals surface area contributed by atoms with Crippen LogP contribution < -0.4 is 9.64 Å². The number of piperazine rings is 1. The number of methoxy groups -OCH3 is 1. The fourth-order valence-electron chi connectivity index (χ4n) is 4.35. The molecule has 2 aliphatic heterocycles. The lowest BCUT2D eigenvalue weighted by Crippen LogP contribution is -2.56. The Labute approximate surface area is 199 Å². The van der Waals surface area contributed by atoms with Gasteiger partial charge in [-0.05, 0) is 38.1 Å². The molecule has 2 aromatic rings. The second-order valence-electron chi connectivity index (χ2n) is 8.44. The van der Waals surface area contributed by atoms with Crippen LogP contribution in [-0.2, 0) is 4.79 Å². The van der Waals surface area contributed by atoms with Crippen LogP contribution in [0.5, 0.6) is 5.75 Å². The minimum absolute atomic E-state index is 0.0627. The first-order valence-corrected chi connectivity index (χ1v) is 11.4. The lowest BCUT2D eigenvalue weighted by molar-refractivity contribution is -0.135. The third-order valence-electron chi connectivity index (χ3n) is 6.20. The largest absolute Gasteiger partial charge is 0.495 e. The number of nitriles is 1. The highest BCUT2D eigenvalue weighted by Crippen LogP contribution is 2.30. The number of carbonyl (C=O) groups excluding carboxylic acids is 1. The molecule has 0 spiro atoms. The van der Waals surface area contributed by atoms with Crippen molar-refractivity contribution in [2.45, 2.75) is 32.4 Å². The van der Waals surface area contributed by atoms with Gasteiger partial charge in [-0.1, -0.05) is 11.6 Å². The van der Waals surface area contributed by atoms with Crippen LogP contribution in [0.2, 0.25) is 5.02 Å². The molecule has 9 heteroatoms. The molecule has 0 N–H and O–H groups in total. The number of nitrogens with zero attached hydrogens (tertiary/aromatic N) is 6. The number of pyridine rings is 1. The van der Waals surface area contributed by atoms with E-state index >= 15 is 0 Å². The van der Waals surface area contributed by atoms with Crippen molar-refractivity contribution in [3.05, 3.63) is 52.8 Å². The molecule has 172 valence electrons. The highest BCUT2D eigenvalue weighted by Gasteiger charge is 2.31. The molecule has 1 saturated heterocycles. The molecule has 1 unspecified atom stereocenters. The molecule has 3 heterocycles. The summed E-state index contributed by atoms with van der Waals surface area (Å²) in [5.41, 5.74) is 3.15. The van der Waals surface area contributed by atoms with E-state index in [0.29, 0.717) is 23.0 Å². The zero-order valence-corrected chi connectivity index (χ0v) is 19.8. The Balaban J connectivity index is 1.40. The van der Waals surface area contributed by atoms with Gasteiger partial charge in [0.15, 0.2) is 0 Å². The first-order valence-electron chi connectivity index (χ1n) is 11.0. The smallest absolute Gasteiger partial charge is 0.244 e. The van der Waals surface area contributed by atoms with Gasteiger partial charge in [0.25, 0.3) is 0 Å². The van der Waals surface area contributed by atoms with Gasteiger partial charge in [-0.15, -0.1) is 0 Å². The van der Waals surface area contributed by atoms with Crippen molar-refractivity contribution in [3.8, 4) is 11.8 Å². The van der Waals surface area contributed by atoms with Crippen LogP contribution in [0.25, 0.3) is 0 Å². The first-order chi connectivity index (χ1) is 15.9. The molecule has 1 fully saturated rings. The zero-order chi connectivity index (χ0) is 23.5. The quantitative estimate of drug-likeness (QED) is 0.673.